The molecule has 5 rings (SSSR count). The van der Waals surface area contributed by atoms with Crippen molar-refractivity contribution in [3.63, 3.8) is 0 Å². The number of halogens is 1. The van der Waals surface area contributed by atoms with E-state index in [1.165, 1.54) is 47.6 Å². The lowest BCUT2D eigenvalue weighted by molar-refractivity contribution is -0.174. The minimum Gasteiger partial charge on any atom is -0.480 e. The molecule has 0 aromatic heterocycles. The molecule has 13 nitrogen and oxygen atoms in total. The maximum atomic E-state index is 13.9. The van der Waals surface area contributed by atoms with Crippen molar-refractivity contribution in [2.45, 2.75) is 56.9 Å². The van der Waals surface area contributed by atoms with Gasteiger partial charge in [0.05, 0.1) is 36.6 Å². The highest BCUT2D eigenvalue weighted by Gasteiger charge is 2.52. The van der Waals surface area contributed by atoms with Crippen LogP contribution in [0.5, 0.6) is 5.75 Å². The highest BCUT2D eigenvalue weighted by Crippen LogP contribution is 2.40. The van der Waals surface area contributed by atoms with Crippen molar-refractivity contribution in [2.24, 2.45) is 5.41 Å². The molecule has 1 N–H and O–H groups in total. The molecular weight excluding hydrogens is 709 g/mol. The lowest BCUT2D eigenvalue weighted by atomic mass is 9.87. The molecule has 3 aromatic rings. The largest absolute Gasteiger partial charge is 0.480 e. The fourth-order valence-corrected chi connectivity index (χ4v) is 7.37. The summed E-state index contributed by atoms with van der Waals surface area (Å²) in [5.74, 6) is -1.36. The molecule has 1 amide bonds. The summed E-state index contributed by atoms with van der Waals surface area (Å²) in [6, 6.07) is 19.5. The van der Waals surface area contributed by atoms with Crippen LogP contribution in [0.1, 0.15) is 38.8 Å². The Bertz CT molecular complexity index is 1820. The average Bonchev–Trinajstić information content (AvgIpc) is 3.10. The molecule has 15 heteroatoms. The number of nitrogens with one attached hydrogen (secondary N) is 1. The summed E-state index contributed by atoms with van der Waals surface area (Å²) in [5, 5.41) is 2.50. The maximum Gasteiger partial charge on any atom is 0.410 e. The molecule has 0 spiro atoms. The predicted molar refractivity (Wildman–Crippen MR) is 191 cm³/mol. The van der Waals surface area contributed by atoms with Gasteiger partial charge in [-0.05, 0) is 68.3 Å². The fraction of sp³-hybridized carbons (Fsp3) is 0.447. The first-order chi connectivity index (χ1) is 25.1. The number of hydrogen-bond donors (Lipinski definition) is 1. The molecule has 0 radical (unpaired) electrons. The molecular formula is C38H46FN3O10S. The van der Waals surface area contributed by atoms with E-state index in [2.05, 4.69) is 10.2 Å². The summed E-state index contributed by atoms with van der Waals surface area (Å²) in [6.45, 7) is 9.38. The van der Waals surface area contributed by atoms with Gasteiger partial charge in [-0.3, -0.25) is 9.69 Å². The number of nitrogens with zero attached hydrogens (tertiary/aromatic N) is 2. The molecule has 2 fully saturated rings. The van der Waals surface area contributed by atoms with Gasteiger partial charge in [-0.15, -0.1) is 0 Å². The van der Waals surface area contributed by atoms with Crippen LogP contribution in [0.4, 0.5) is 9.18 Å². The number of alkyl carbamates (subject to hydrolysis) is 1. The van der Waals surface area contributed by atoms with E-state index in [1.54, 1.807) is 32.9 Å². The van der Waals surface area contributed by atoms with Crippen LogP contribution in [0.3, 0.4) is 0 Å². The van der Waals surface area contributed by atoms with E-state index in [-0.39, 0.29) is 31.0 Å². The van der Waals surface area contributed by atoms with Crippen LogP contribution in [0.2, 0.25) is 0 Å². The summed E-state index contributed by atoms with van der Waals surface area (Å²) in [4.78, 5) is 40.6. The second-order valence-corrected chi connectivity index (χ2v) is 15.9. The number of rotatable bonds is 14. The Hall–Kier alpha value is -4.57. The number of morpholine rings is 1. The van der Waals surface area contributed by atoms with Gasteiger partial charge in [-0.1, -0.05) is 42.5 Å². The molecule has 2 atom stereocenters. The van der Waals surface area contributed by atoms with Crippen molar-refractivity contribution in [2.75, 3.05) is 52.5 Å². The highest BCUT2D eigenvalue weighted by molar-refractivity contribution is 7.89. The zero-order valence-corrected chi connectivity index (χ0v) is 31.1. The van der Waals surface area contributed by atoms with Crippen molar-refractivity contribution < 1.29 is 50.9 Å². The first kappa shape index (κ1) is 39.6. The molecule has 0 aliphatic carbocycles. The van der Waals surface area contributed by atoms with E-state index in [1.807, 2.05) is 30.3 Å². The first-order valence-corrected chi connectivity index (χ1v) is 18.8. The SMILES string of the molecule is CC(OC(=O)NC(Cc1cccc(S(=O)(=O)N2CC(Oc3ccc(F)cc3)(c3ccccc3)C2)c1)C(=O)OCCN1CCOCC1)OC(=O)C(C)(C)C. The smallest absolute Gasteiger partial charge is 0.410 e. The zero-order chi connectivity index (χ0) is 38.2. The number of amides is 1. The van der Waals surface area contributed by atoms with Gasteiger partial charge in [-0.2, -0.15) is 4.31 Å². The van der Waals surface area contributed by atoms with Crippen LogP contribution >= 0.6 is 0 Å². The Morgan fingerprint density at radius 3 is 2.28 bits per heavy atom. The molecule has 3 aromatic carbocycles. The Labute approximate surface area is 309 Å². The number of carbonyl (C=O) groups excluding carboxylic acids is 3. The zero-order valence-electron chi connectivity index (χ0n) is 30.3. The van der Waals surface area contributed by atoms with Gasteiger partial charge < -0.3 is 29.0 Å². The summed E-state index contributed by atoms with van der Waals surface area (Å²) < 4.78 is 70.4. The number of ether oxygens (including phenoxy) is 5. The van der Waals surface area contributed by atoms with Crippen LogP contribution in [-0.4, -0.2) is 101 Å². The van der Waals surface area contributed by atoms with E-state index in [0.29, 0.717) is 44.2 Å². The van der Waals surface area contributed by atoms with Crippen LogP contribution in [0.25, 0.3) is 0 Å². The van der Waals surface area contributed by atoms with Crippen molar-refractivity contribution in [1.29, 1.82) is 0 Å². The minimum atomic E-state index is -4.05. The molecule has 2 unspecified atom stereocenters. The Morgan fingerprint density at radius 1 is 0.943 bits per heavy atom. The molecule has 2 aliphatic heterocycles. The molecule has 2 saturated heterocycles. The third kappa shape index (κ3) is 10.5. The van der Waals surface area contributed by atoms with E-state index >= 15 is 0 Å². The summed E-state index contributed by atoms with van der Waals surface area (Å²) in [6.07, 6.45) is -2.41. The molecule has 0 saturated carbocycles. The first-order valence-electron chi connectivity index (χ1n) is 17.4. The van der Waals surface area contributed by atoms with Crippen molar-refractivity contribution >= 4 is 28.1 Å². The van der Waals surface area contributed by atoms with Crippen LogP contribution in [0.15, 0.2) is 83.8 Å². The lowest BCUT2D eigenvalue weighted by Gasteiger charge is -2.48. The van der Waals surface area contributed by atoms with Crippen LogP contribution in [0, 0.1) is 11.2 Å². The standard InChI is InChI=1S/C38H46FN3O10S/c1-27(50-35(44)37(2,3)4)51-36(45)40-33(34(43)49-22-19-41-17-20-48-21-18-41)24-28-9-8-12-32(23-28)53(46,47)42-25-38(26-42,29-10-6-5-7-11-29)52-31-15-13-30(39)14-16-31/h5-16,23,27,33H,17-22,24-26H2,1-4H3,(H,40,45). The molecule has 0 bridgehead atoms. The van der Waals surface area contributed by atoms with E-state index in [0.717, 1.165) is 5.56 Å². The van der Waals surface area contributed by atoms with Crippen LogP contribution < -0.4 is 10.1 Å². The fourth-order valence-electron chi connectivity index (χ4n) is 5.76. The number of sulfonamides is 1. The van der Waals surface area contributed by atoms with E-state index in [9.17, 15) is 27.2 Å². The second-order valence-electron chi connectivity index (χ2n) is 14.0. The molecule has 53 heavy (non-hydrogen) atoms. The van der Waals surface area contributed by atoms with Crippen molar-refractivity contribution in [3.05, 3.63) is 95.8 Å². The van der Waals surface area contributed by atoms with Gasteiger partial charge >= 0.3 is 18.0 Å². The minimum absolute atomic E-state index is 0.00951. The molecule has 286 valence electrons. The Balaban J connectivity index is 1.29. The highest BCUT2D eigenvalue weighted by atomic mass is 32.2. The average molecular weight is 756 g/mol. The van der Waals surface area contributed by atoms with Gasteiger partial charge in [0.2, 0.25) is 16.3 Å². The normalized spacial score (nSPS) is 17.5. The van der Waals surface area contributed by atoms with Gasteiger partial charge in [0, 0.05) is 33.0 Å². The summed E-state index contributed by atoms with van der Waals surface area (Å²) >= 11 is 0. The Kier molecular flexibility index (Phi) is 12.8. The number of hydrogen-bond acceptors (Lipinski definition) is 11. The van der Waals surface area contributed by atoms with Gasteiger partial charge in [0.1, 0.15) is 24.2 Å². The third-order valence-corrected chi connectivity index (χ3v) is 10.5. The summed E-state index contributed by atoms with van der Waals surface area (Å²) in [5.41, 5.74) is -0.658. The molecule has 2 aliphatic rings. The van der Waals surface area contributed by atoms with Crippen LogP contribution in [-0.2, 0) is 50.6 Å². The quantitative estimate of drug-likeness (QED) is 0.186. The van der Waals surface area contributed by atoms with Crippen molar-refractivity contribution in [1.82, 2.24) is 14.5 Å². The van der Waals surface area contributed by atoms with E-state index in [4.69, 9.17) is 23.7 Å². The lowest BCUT2D eigenvalue weighted by Crippen LogP contribution is -2.64. The second kappa shape index (κ2) is 17.1. The number of benzene rings is 3. The number of carbonyl (C=O) groups is 3. The molecule has 2 heterocycles. The topological polar surface area (TPSA) is 150 Å². The third-order valence-electron chi connectivity index (χ3n) is 8.76. The van der Waals surface area contributed by atoms with Gasteiger partial charge in [-0.25, -0.2) is 22.4 Å². The van der Waals surface area contributed by atoms with Crippen molar-refractivity contribution in [3.8, 4) is 5.75 Å². The monoisotopic (exact) mass is 755 g/mol. The maximum absolute atomic E-state index is 13.9. The predicted octanol–water partition coefficient (Wildman–Crippen LogP) is 4.25. The summed E-state index contributed by atoms with van der Waals surface area (Å²) in [7, 11) is -4.05. The van der Waals surface area contributed by atoms with Gasteiger partial charge in [0.15, 0.2) is 5.60 Å². The van der Waals surface area contributed by atoms with Gasteiger partial charge in [0.25, 0.3) is 0 Å². The Morgan fingerprint density at radius 2 is 1.62 bits per heavy atom. The number of esters is 2. The van der Waals surface area contributed by atoms with E-state index < -0.39 is 57.2 Å².